The fraction of sp³-hybridized carbons (Fsp3) is 1.00. The number of hydrogen-bond donors (Lipinski definition) is 2. The first-order valence-electron chi connectivity index (χ1n) is 8.34. The lowest BCUT2D eigenvalue weighted by Gasteiger charge is -2.42. The molecular formula is C16H30N2O. The minimum atomic E-state index is 0.212. The summed E-state index contributed by atoms with van der Waals surface area (Å²) in [4.78, 5) is 0. The molecule has 1 saturated carbocycles. The molecule has 2 aliphatic heterocycles. The maximum Gasteiger partial charge on any atom is 0.0645 e. The summed E-state index contributed by atoms with van der Waals surface area (Å²) in [5.41, 5.74) is 0.212. The summed E-state index contributed by atoms with van der Waals surface area (Å²) in [6.45, 7) is 5.26. The van der Waals surface area contributed by atoms with Gasteiger partial charge in [0.25, 0.3) is 0 Å². The second-order valence-electron chi connectivity index (χ2n) is 7.19. The van der Waals surface area contributed by atoms with E-state index in [1.165, 1.54) is 51.4 Å². The average Bonchev–Trinajstić information content (AvgIpc) is 2.46. The van der Waals surface area contributed by atoms with Gasteiger partial charge >= 0.3 is 0 Å². The zero-order chi connectivity index (χ0) is 13.1. The van der Waals surface area contributed by atoms with Crippen LogP contribution >= 0.6 is 0 Å². The second kappa shape index (κ2) is 6.11. The zero-order valence-corrected chi connectivity index (χ0v) is 12.4. The van der Waals surface area contributed by atoms with Gasteiger partial charge in [-0.25, -0.2) is 0 Å². The Morgan fingerprint density at radius 2 is 2.05 bits per heavy atom. The lowest BCUT2D eigenvalue weighted by atomic mass is 9.77. The summed E-state index contributed by atoms with van der Waals surface area (Å²) < 4.78 is 5.63. The van der Waals surface area contributed by atoms with E-state index in [1.807, 2.05) is 0 Å². The summed E-state index contributed by atoms with van der Waals surface area (Å²) in [5.74, 6) is 0.971. The molecule has 0 spiro atoms. The van der Waals surface area contributed by atoms with Crippen molar-refractivity contribution in [2.24, 2.45) is 5.92 Å². The van der Waals surface area contributed by atoms with Crippen molar-refractivity contribution >= 4 is 0 Å². The van der Waals surface area contributed by atoms with E-state index in [-0.39, 0.29) is 5.54 Å². The van der Waals surface area contributed by atoms with Gasteiger partial charge in [0.15, 0.2) is 0 Å². The summed E-state index contributed by atoms with van der Waals surface area (Å²) in [5, 5.41) is 7.68. The molecule has 0 bridgehead atoms. The number of rotatable bonds is 3. The van der Waals surface area contributed by atoms with Crippen LogP contribution in [0.5, 0.6) is 0 Å². The minimum absolute atomic E-state index is 0.212. The third-order valence-electron chi connectivity index (χ3n) is 5.46. The highest BCUT2D eigenvalue weighted by molar-refractivity contribution is 4.92. The van der Waals surface area contributed by atoms with Crippen LogP contribution < -0.4 is 10.6 Å². The molecule has 2 saturated heterocycles. The Balaban J connectivity index is 1.45. The quantitative estimate of drug-likeness (QED) is 0.823. The maximum absolute atomic E-state index is 5.63. The second-order valence-corrected chi connectivity index (χ2v) is 7.19. The maximum atomic E-state index is 5.63. The molecule has 4 unspecified atom stereocenters. The molecule has 2 N–H and O–H groups in total. The normalized spacial score (nSPS) is 43.7. The Morgan fingerprint density at radius 1 is 1.16 bits per heavy atom. The number of piperidine rings is 1. The number of hydrogen-bond acceptors (Lipinski definition) is 3. The summed E-state index contributed by atoms with van der Waals surface area (Å²) >= 11 is 0. The van der Waals surface area contributed by atoms with Crippen molar-refractivity contribution in [1.82, 2.24) is 10.6 Å². The average molecular weight is 266 g/mol. The van der Waals surface area contributed by atoms with Gasteiger partial charge in [0.2, 0.25) is 0 Å². The van der Waals surface area contributed by atoms with Gasteiger partial charge in [-0.15, -0.1) is 0 Å². The third kappa shape index (κ3) is 3.50. The highest BCUT2D eigenvalue weighted by Gasteiger charge is 2.33. The number of nitrogens with one attached hydrogen (secondary N) is 2. The van der Waals surface area contributed by atoms with E-state index in [9.17, 15) is 0 Å². The van der Waals surface area contributed by atoms with Crippen LogP contribution in [-0.4, -0.2) is 37.4 Å². The topological polar surface area (TPSA) is 33.3 Å². The van der Waals surface area contributed by atoms with Crippen molar-refractivity contribution in [3.8, 4) is 0 Å². The molecule has 3 heteroatoms. The molecule has 1 aliphatic carbocycles. The van der Waals surface area contributed by atoms with Gasteiger partial charge < -0.3 is 15.4 Å². The Morgan fingerprint density at radius 3 is 2.89 bits per heavy atom. The molecule has 3 rings (SSSR count). The van der Waals surface area contributed by atoms with Gasteiger partial charge in [0.1, 0.15) is 0 Å². The molecule has 3 fully saturated rings. The van der Waals surface area contributed by atoms with Gasteiger partial charge in [-0.3, -0.25) is 0 Å². The SMILES string of the molecule is CC1(NCC2CCC3CCCCC3N2)CCCOC1. The van der Waals surface area contributed by atoms with E-state index < -0.39 is 0 Å². The Kier molecular flexibility index (Phi) is 4.45. The Labute approximate surface area is 117 Å². The standard InChI is InChI=1S/C16H30N2O/c1-16(9-4-10-19-12-16)17-11-14-8-7-13-5-2-3-6-15(13)18-14/h13-15,17-18H,2-12H2,1H3. The van der Waals surface area contributed by atoms with Crippen molar-refractivity contribution in [2.75, 3.05) is 19.8 Å². The summed E-state index contributed by atoms with van der Waals surface area (Å²) in [6.07, 6.45) is 11.0. The molecule has 0 radical (unpaired) electrons. The summed E-state index contributed by atoms with van der Waals surface area (Å²) in [6, 6.07) is 1.49. The van der Waals surface area contributed by atoms with Gasteiger partial charge in [0.05, 0.1) is 6.61 Å². The van der Waals surface area contributed by atoms with Crippen molar-refractivity contribution in [1.29, 1.82) is 0 Å². The summed E-state index contributed by atoms with van der Waals surface area (Å²) in [7, 11) is 0. The first-order valence-corrected chi connectivity index (χ1v) is 8.34. The predicted molar refractivity (Wildman–Crippen MR) is 78.4 cm³/mol. The zero-order valence-electron chi connectivity index (χ0n) is 12.4. The van der Waals surface area contributed by atoms with Gasteiger partial charge in [0, 0.05) is 30.8 Å². The van der Waals surface area contributed by atoms with E-state index in [2.05, 4.69) is 17.6 Å². The van der Waals surface area contributed by atoms with E-state index in [4.69, 9.17) is 4.74 Å². The molecular weight excluding hydrogens is 236 g/mol. The Hall–Kier alpha value is -0.120. The molecule has 3 aliphatic rings. The third-order valence-corrected chi connectivity index (χ3v) is 5.46. The number of ether oxygens (including phenoxy) is 1. The van der Waals surface area contributed by atoms with Crippen LogP contribution in [0.25, 0.3) is 0 Å². The first kappa shape index (κ1) is 13.8. The van der Waals surface area contributed by atoms with Crippen LogP contribution in [-0.2, 0) is 4.74 Å². The van der Waals surface area contributed by atoms with Crippen LogP contribution in [0.2, 0.25) is 0 Å². The molecule has 2 heterocycles. The minimum Gasteiger partial charge on any atom is -0.380 e. The van der Waals surface area contributed by atoms with E-state index in [0.29, 0.717) is 6.04 Å². The molecule has 0 aromatic rings. The molecule has 3 nitrogen and oxygen atoms in total. The van der Waals surface area contributed by atoms with E-state index >= 15 is 0 Å². The van der Waals surface area contributed by atoms with E-state index in [1.54, 1.807) is 0 Å². The van der Waals surface area contributed by atoms with Crippen LogP contribution in [0.15, 0.2) is 0 Å². The molecule has 0 aromatic heterocycles. The predicted octanol–water partition coefficient (Wildman–Crippen LogP) is 2.46. The molecule has 0 amide bonds. The van der Waals surface area contributed by atoms with Crippen LogP contribution in [0.1, 0.15) is 58.3 Å². The van der Waals surface area contributed by atoms with Gasteiger partial charge in [-0.1, -0.05) is 12.8 Å². The highest BCUT2D eigenvalue weighted by Crippen LogP contribution is 2.32. The Bertz CT molecular complexity index is 288. The van der Waals surface area contributed by atoms with Crippen LogP contribution in [0.3, 0.4) is 0 Å². The van der Waals surface area contributed by atoms with Crippen molar-refractivity contribution in [3.63, 3.8) is 0 Å². The fourth-order valence-corrected chi connectivity index (χ4v) is 4.18. The van der Waals surface area contributed by atoms with Crippen molar-refractivity contribution in [3.05, 3.63) is 0 Å². The van der Waals surface area contributed by atoms with Crippen molar-refractivity contribution in [2.45, 2.75) is 75.9 Å². The first-order chi connectivity index (χ1) is 9.25. The molecule has 4 atom stereocenters. The van der Waals surface area contributed by atoms with E-state index in [0.717, 1.165) is 31.7 Å². The van der Waals surface area contributed by atoms with Gasteiger partial charge in [-0.05, 0) is 51.4 Å². The molecule has 0 aromatic carbocycles. The molecule has 110 valence electrons. The van der Waals surface area contributed by atoms with Crippen LogP contribution in [0, 0.1) is 5.92 Å². The van der Waals surface area contributed by atoms with Crippen molar-refractivity contribution < 1.29 is 4.74 Å². The highest BCUT2D eigenvalue weighted by atomic mass is 16.5. The number of fused-ring (bicyclic) bond motifs is 1. The van der Waals surface area contributed by atoms with Gasteiger partial charge in [-0.2, -0.15) is 0 Å². The largest absolute Gasteiger partial charge is 0.380 e. The molecule has 19 heavy (non-hydrogen) atoms. The monoisotopic (exact) mass is 266 g/mol. The van der Waals surface area contributed by atoms with Crippen LogP contribution in [0.4, 0.5) is 0 Å². The lowest BCUT2D eigenvalue weighted by Crippen LogP contribution is -2.57. The lowest BCUT2D eigenvalue weighted by molar-refractivity contribution is 0.0261. The smallest absolute Gasteiger partial charge is 0.0645 e. The fourth-order valence-electron chi connectivity index (χ4n) is 4.18.